The van der Waals surface area contributed by atoms with Gasteiger partial charge in [0.15, 0.2) is 5.78 Å². The lowest BCUT2D eigenvalue weighted by Crippen LogP contribution is -2.37. The first-order chi connectivity index (χ1) is 11.8. The van der Waals surface area contributed by atoms with Crippen LogP contribution in [0.4, 0.5) is 0 Å². The summed E-state index contributed by atoms with van der Waals surface area (Å²) in [4.78, 5) is 14.5. The Morgan fingerprint density at radius 1 is 1.08 bits per heavy atom. The zero-order valence-corrected chi connectivity index (χ0v) is 15.0. The molecule has 4 nitrogen and oxygen atoms in total. The Kier molecular flexibility index (Phi) is 8.85. The lowest BCUT2D eigenvalue weighted by Gasteiger charge is -2.26. The molecule has 0 atom stereocenters. The van der Waals surface area contributed by atoms with Gasteiger partial charge in [0.1, 0.15) is 5.75 Å². The molecule has 0 bridgehead atoms. The average molecular weight is 333 g/mol. The minimum Gasteiger partial charge on any atom is -0.494 e. The van der Waals surface area contributed by atoms with E-state index in [-0.39, 0.29) is 5.78 Å². The van der Waals surface area contributed by atoms with Crippen molar-refractivity contribution in [3.8, 4) is 5.75 Å². The lowest BCUT2D eigenvalue weighted by atomic mass is 10.1. The zero-order valence-electron chi connectivity index (χ0n) is 15.0. The number of ether oxygens (including phenoxy) is 2. The Bertz CT molecular complexity index is 466. The highest BCUT2D eigenvalue weighted by atomic mass is 16.5. The van der Waals surface area contributed by atoms with Crippen molar-refractivity contribution in [3.63, 3.8) is 0 Å². The van der Waals surface area contributed by atoms with Gasteiger partial charge in [0.2, 0.25) is 0 Å². The van der Waals surface area contributed by atoms with Crippen molar-refractivity contribution >= 4 is 5.78 Å². The van der Waals surface area contributed by atoms with E-state index >= 15 is 0 Å². The van der Waals surface area contributed by atoms with E-state index in [1.165, 1.54) is 25.7 Å². The minimum atomic E-state index is 0.201. The van der Waals surface area contributed by atoms with E-state index in [0.29, 0.717) is 6.42 Å². The van der Waals surface area contributed by atoms with Crippen LogP contribution in [0, 0.1) is 0 Å². The number of benzene rings is 1. The fraction of sp³-hybridized carbons (Fsp3) is 0.650. The number of carbonyl (C=O) groups is 1. The SMILES string of the molecule is CCCCCCCOc1ccc(C(=O)CCN2CCOCC2)cc1. The Morgan fingerprint density at radius 3 is 2.50 bits per heavy atom. The van der Waals surface area contributed by atoms with Gasteiger partial charge in [-0.25, -0.2) is 0 Å². The molecule has 0 saturated carbocycles. The van der Waals surface area contributed by atoms with Crippen molar-refractivity contribution in [1.82, 2.24) is 4.90 Å². The van der Waals surface area contributed by atoms with Gasteiger partial charge in [-0.2, -0.15) is 0 Å². The Hall–Kier alpha value is -1.39. The smallest absolute Gasteiger partial charge is 0.164 e. The third-order valence-electron chi connectivity index (χ3n) is 4.45. The third-order valence-corrected chi connectivity index (χ3v) is 4.45. The number of unbranched alkanes of at least 4 members (excludes halogenated alkanes) is 4. The maximum Gasteiger partial charge on any atom is 0.164 e. The van der Waals surface area contributed by atoms with Crippen LogP contribution in [-0.4, -0.2) is 50.1 Å². The molecule has 134 valence electrons. The molecule has 0 amide bonds. The van der Waals surface area contributed by atoms with Gasteiger partial charge in [-0.1, -0.05) is 32.6 Å². The summed E-state index contributed by atoms with van der Waals surface area (Å²) in [6.07, 6.45) is 6.75. The van der Waals surface area contributed by atoms with Crippen molar-refractivity contribution in [3.05, 3.63) is 29.8 Å². The molecule has 24 heavy (non-hydrogen) atoms. The first kappa shape index (κ1) is 18.9. The maximum atomic E-state index is 12.3. The van der Waals surface area contributed by atoms with Gasteiger partial charge in [-0.3, -0.25) is 9.69 Å². The number of carbonyl (C=O) groups excluding carboxylic acids is 1. The summed E-state index contributed by atoms with van der Waals surface area (Å²) in [5, 5.41) is 0. The number of Topliss-reactive ketones (excluding diaryl/α,β-unsaturated/α-hetero) is 1. The van der Waals surface area contributed by atoms with Gasteiger partial charge < -0.3 is 9.47 Å². The summed E-state index contributed by atoms with van der Waals surface area (Å²) in [6, 6.07) is 7.59. The predicted octanol–water partition coefficient (Wildman–Crippen LogP) is 3.94. The van der Waals surface area contributed by atoms with Crippen LogP contribution < -0.4 is 4.74 Å². The number of rotatable bonds is 11. The van der Waals surface area contributed by atoms with E-state index in [9.17, 15) is 4.79 Å². The Morgan fingerprint density at radius 2 is 1.79 bits per heavy atom. The molecule has 0 N–H and O–H groups in total. The molecule has 0 spiro atoms. The van der Waals surface area contributed by atoms with E-state index in [0.717, 1.165) is 57.2 Å². The van der Waals surface area contributed by atoms with E-state index in [1.807, 2.05) is 24.3 Å². The first-order valence-corrected chi connectivity index (χ1v) is 9.35. The molecule has 2 rings (SSSR count). The highest BCUT2D eigenvalue weighted by Crippen LogP contribution is 2.15. The topological polar surface area (TPSA) is 38.8 Å². The van der Waals surface area contributed by atoms with Crippen LogP contribution in [0.2, 0.25) is 0 Å². The van der Waals surface area contributed by atoms with Gasteiger partial charge in [-0.15, -0.1) is 0 Å². The zero-order chi connectivity index (χ0) is 17.0. The summed E-state index contributed by atoms with van der Waals surface area (Å²) in [5.41, 5.74) is 0.776. The first-order valence-electron chi connectivity index (χ1n) is 9.35. The van der Waals surface area contributed by atoms with Crippen molar-refractivity contribution in [2.45, 2.75) is 45.4 Å². The Labute approximate surface area is 146 Å². The van der Waals surface area contributed by atoms with Crippen molar-refractivity contribution in [2.24, 2.45) is 0 Å². The van der Waals surface area contributed by atoms with E-state index in [1.54, 1.807) is 0 Å². The second-order valence-corrected chi connectivity index (χ2v) is 6.41. The normalized spacial score (nSPS) is 15.4. The standard InChI is InChI=1S/C20H31NO3/c1-2-3-4-5-6-15-24-19-9-7-18(8-10-19)20(22)11-12-21-13-16-23-17-14-21/h7-10H,2-6,11-17H2,1H3. The van der Waals surface area contributed by atoms with E-state index in [4.69, 9.17) is 9.47 Å². The fourth-order valence-electron chi connectivity index (χ4n) is 2.86. The third kappa shape index (κ3) is 7.02. The Balaban J connectivity index is 1.65. The van der Waals surface area contributed by atoms with Crippen molar-refractivity contribution < 1.29 is 14.3 Å². The molecule has 1 aliphatic heterocycles. The quantitative estimate of drug-likeness (QED) is 0.454. The van der Waals surface area contributed by atoms with Crippen LogP contribution in [-0.2, 0) is 4.74 Å². The molecule has 1 aromatic rings. The number of nitrogens with zero attached hydrogens (tertiary/aromatic N) is 1. The van der Waals surface area contributed by atoms with Gasteiger partial charge >= 0.3 is 0 Å². The molecule has 1 heterocycles. The van der Waals surface area contributed by atoms with Crippen LogP contribution in [0.15, 0.2) is 24.3 Å². The second kappa shape index (κ2) is 11.2. The van der Waals surface area contributed by atoms with Crippen LogP contribution in [0.5, 0.6) is 5.75 Å². The van der Waals surface area contributed by atoms with Gasteiger partial charge in [-0.05, 0) is 30.7 Å². The molecule has 1 fully saturated rings. The lowest BCUT2D eigenvalue weighted by molar-refractivity contribution is 0.0370. The van der Waals surface area contributed by atoms with Crippen LogP contribution in [0.25, 0.3) is 0 Å². The molecule has 0 unspecified atom stereocenters. The molecule has 1 aliphatic rings. The second-order valence-electron chi connectivity index (χ2n) is 6.41. The summed E-state index contributed by atoms with van der Waals surface area (Å²) >= 11 is 0. The molecular formula is C20H31NO3. The molecule has 1 saturated heterocycles. The van der Waals surface area contributed by atoms with Crippen LogP contribution in [0.3, 0.4) is 0 Å². The van der Waals surface area contributed by atoms with E-state index < -0.39 is 0 Å². The molecule has 0 aliphatic carbocycles. The number of ketones is 1. The predicted molar refractivity (Wildman–Crippen MR) is 96.9 cm³/mol. The fourth-order valence-corrected chi connectivity index (χ4v) is 2.86. The highest BCUT2D eigenvalue weighted by Gasteiger charge is 2.13. The largest absolute Gasteiger partial charge is 0.494 e. The van der Waals surface area contributed by atoms with Crippen molar-refractivity contribution in [2.75, 3.05) is 39.5 Å². The van der Waals surface area contributed by atoms with Gasteiger partial charge in [0, 0.05) is 31.6 Å². The minimum absolute atomic E-state index is 0.201. The summed E-state index contributed by atoms with van der Waals surface area (Å²) < 4.78 is 11.1. The van der Waals surface area contributed by atoms with Crippen LogP contribution >= 0.6 is 0 Å². The summed E-state index contributed by atoms with van der Waals surface area (Å²) in [7, 11) is 0. The molecule has 0 radical (unpaired) electrons. The molecular weight excluding hydrogens is 302 g/mol. The number of hydrogen-bond acceptors (Lipinski definition) is 4. The van der Waals surface area contributed by atoms with Crippen molar-refractivity contribution in [1.29, 1.82) is 0 Å². The molecule has 4 heteroatoms. The van der Waals surface area contributed by atoms with E-state index in [2.05, 4.69) is 11.8 Å². The highest BCUT2D eigenvalue weighted by molar-refractivity contribution is 5.96. The maximum absolute atomic E-state index is 12.3. The average Bonchev–Trinajstić information content (AvgIpc) is 2.64. The molecule has 1 aromatic carbocycles. The summed E-state index contributed by atoms with van der Waals surface area (Å²) in [5.74, 6) is 1.06. The molecule has 0 aromatic heterocycles. The van der Waals surface area contributed by atoms with Gasteiger partial charge in [0.05, 0.1) is 19.8 Å². The monoisotopic (exact) mass is 333 g/mol. The number of hydrogen-bond donors (Lipinski definition) is 0. The van der Waals surface area contributed by atoms with Crippen LogP contribution in [0.1, 0.15) is 55.8 Å². The summed E-state index contributed by atoms with van der Waals surface area (Å²) in [6.45, 7) is 7.21. The van der Waals surface area contributed by atoms with Gasteiger partial charge in [0.25, 0.3) is 0 Å². The number of morpholine rings is 1.